The zero-order valence-electron chi connectivity index (χ0n) is 14.4. The summed E-state index contributed by atoms with van der Waals surface area (Å²) in [4.78, 5) is 16.7. The third-order valence-electron chi connectivity index (χ3n) is 4.46. The Hall–Kier alpha value is -3.15. The largest absolute Gasteiger partial charge is 0.492 e. The van der Waals surface area contributed by atoms with E-state index in [-0.39, 0.29) is 11.8 Å². The number of amides is 1. The average molecular weight is 349 g/mol. The molecule has 0 radical (unpaired) electrons. The molecule has 6 nitrogen and oxygen atoms in total. The van der Waals surface area contributed by atoms with Crippen LogP contribution in [0.5, 0.6) is 5.75 Å². The van der Waals surface area contributed by atoms with Crippen molar-refractivity contribution < 1.29 is 14.1 Å². The van der Waals surface area contributed by atoms with Gasteiger partial charge in [-0.2, -0.15) is 4.98 Å². The lowest BCUT2D eigenvalue weighted by molar-refractivity contribution is -0.126. The molecule has 0 fully saturated rings. The summed E-state index contributed by atoms with van der Waals surface area (Å²) in [5, 5.41) is 6.89. The first-order valence-electron chi connectivity index (χ1n) is 8.57. The number of hydrogen-bond acceptors (Lipinski definition) is 5. The summed E-state index contributed by atoms with van der Waals surface area (Å²) >= 11 is 0. The highest BCUT2D eigenvalue weighted by Crippen LogP contribution is 2.26. The summed E-state index contributed by atoms with van der Waals surface area (Å²) in [6.45, 7) is 2.65. The SMILES string of the molecule is Cc1nc(-c2ccc(CNC(=O)C3COc4ccccc4C3)cc2)no1. The summed E-state index contributed by atoms with van der Waals surface area (Å²) in [7, 11) is 0. The zero-order valence-corrected chi connectivity index (χ0v) is 14.4. The summed E-state index contributed by atoms with van der Waals surface area (Å²) in [5.41, 5.74) is 2.98. The average Bonchev–Trinajstić information content (AvgIpc) is 3.12. The van der Waals surface area contributed by atoms with Crippen molar-refractivity contribution in [1.29, 1.82) is 0 Å². The normalized spacial score (nSPS) is 15.8. The molecular formula is C20H19N3O3. The predicted octanol–water partition coefficient (Wildman–Crippen LogP) is 2.91. The summed E-state index contributed by atoms with van der Waals surface area (Å²) in [6.07, 6.45) is 0.706. The highest BCUT2D eigenvalue weighted by molar-refractivity contribution is 5.79. The molecule has 1 unspecified atom stereocenters. The first-order chi connectivity index (χ1) is 12.7. The molecular weight excluding hydrogens is 330 g/mol. The van der Waals surface area contributed by atoms with Gasteiger partial charge in [0, 0.05) is 19.0 Å². The topological polar surface area (TPSA) is 77.2 Å². The van der Waals surface area contributed by atoms with E-state index < -0.39 is 0 Å². The number of rotatable bonds is 4. The van der Waals surface area contributed by atoms with Gasteiger partial charge in [0.05, 0.1) is 5.92 Å². The van der Waals surface area contributed by atoms with E-state index in [9.17, 15) is 4.79 Å². The molecule has 26 heavy (non-hydrogen) atoms. The van der Waals surface area contributed by atoms with Crippen molar-refractivity contribution in [3.8, 4) is 17.1 Å². The second-order valence-electron chi connectivity index (χ2n) is 6.37. The number of ether oxygens (including phenoxy) is 1. The minimum absolute atomic E-state index is 0.0115. The van der Waals surface area contributed by atoms with Gasteiger partial charge in [-0.15, -0.1) is 0 Å². The van der Waals surface area contributed by atoms with E-state index in [0.717, 1.165) is 22.4 Å². The lowest BCUT2D eigenvalue weighted by Crippen LogP contribution is -2.37. The Morgan fingerprint density at radius 3 is 2.77 bits per heavy atom. The van der Waals surface area contributed by atoms with Gasteiger partial charge in [-0.1, -0.05) is 47.6 Å². The van der Waals surface area contributed by atoms with Crippen LogP contribution in [-0.4, -0.2) is 22.7 Å². The van der Waals surface area contributed by atoms with E-state index in [1.54, 1.807) is 6.92 Å². The van der Waals surface area contributed by atoms with Gasteiger partial charge in [0.2, 0.25) is 17.6 Å². The minimum atomic E-state index is -0.161. The molecule has 1 aromatic heterocycles. The number of para-hydroxylation sites is 1. The number of aryl methyl sites for hydroxylation is 1. The molecule has 2 aromatic carbocycles. The maximum absolute atomic E-state index is 12.4. The zero-order chi connectivity index (χ0) is 17.9. The Bertz CT molecular complexity index is 918. The highest BCUT2D eigenvalue weighted by atomic mass is 16.5. The fourth-order valence-corrected chi connectivity index (χ4v) is 3.02. The molecule has 4 rings (SSSR count). The van der Waals surface area contributed by atoms with Crippen LogP contribution in [0.2, 0.25) is 0 Å². The van der Waals surface area contributed by atoms with Crippen molar-refractivity contribution in [2.75, 3.05) is 6.61 Å². The molecule has 1 aliphatic rings. The molecule has 132 valence electrons. The van der Waals surface area contributed by atoms with Crippen LogP contribution in [0.3, 0.4) is 0 Å². The van der Waals surface area contributed by atoms with E-state index in [1.807, 2.05) is 48.5 Å². The van der Waals surface area contributed by atoms with Crippen LogP contribution >= 0.6 is 0 Å². The van der Waals surface area contributed by atoms with Crippen molar-refractivity contribution in [1.82, 2.24) is 15.5 Å². The lowest BCUT2D eigenvalue weighted by atomic mass is 9.96. The van der Waals surface area contributed by atoms with Crippen molar-refractivity contribution in [3.05, 3.63) is 65.5 Å². The van der Waals surface area contributed by atoms with Gasteiger partial charge >= 0.3 is 0 Å². The molecule has 1 aliphatic heterocycles. The molecule has 1 amide bonds. The molecule has 3 aromatic rings. The number of nitrogens with one attached hydrogen (secondary N) is 1. The Labute approximate surface area is 151 Å². The van der Waals surface area contributed by atoms with Crippen molar-refractivity contribution in [2.45, 2.75) is 19.9 Å². The number of carbonyl (C=O) groups is 1. The number of nitrogens with zero attached hydrogens (tertiary/aromatic N) is 2. The van der Waals surface area contributed by atoms with Crippen LogP contribution < -0.4 is 10.1 Å². The molecule has 1 atom stereocenters. The Morgan fingerprint density at radius 2 is 2.00 bits per heavy atom. The second kappa shape index (κ2) is 7.00. The smallest absolute Gasteiger partial charge is 0.227 e. The number of hydrogen-bond donors (Lipinski definition) is 1. The van der Waals surface area contributed by atoms with E-state index in [1.165, 1.54) is 0 Å². The fraction of sp³-hybridized carbons (Fsp3) is 0.250. The number of benzene rings is 2. The predicted molar refractivity (Wildman–Crippen MR) is 95.4 cm³/mol. The first-order valence-corrected chi connectivity index (χ1v) is 8.57. The third-order valence-corrected chi connectivity index (χ3v) is 4.46. The summed E-state index contributed by atoms with van der Waals surface area (Å²) in [6, 6.07) is 15.6. The van der Waals surface area contributed by atoms with Gasteiger partial charge < -0.3 is 14.6 Å². The molecule has 6 heteroatoms. The molecule has 2 heterocycles. The van der Waals surface area contributed by atoms with E-state index in [2.05, 4.69) is 15.5 Å². The maximum atomic E-state index is 12.4. The van der Waals surface area contributed by atoms with Gasteiger partial charge in [0.1, 0.15) is 12.4 Å². The molecule has 0 saturated carbocycles. The lowest BCUT2D eigenvalue weighted by Gasteiger charge is -2.24. The highest BCUT2D eigenvalue weighted by Gasteiger charge is 2.25. The van der Waals surface area contributed by atoms with Crippen LogP contribution in [0.15, 0.2) is 53.1 Å². The molecule has 0 spiro atoms. The standard InChI is InChI=1S/C20H19N3O3/c1-13-22-19(23-26-13)15-8-6-14(7-9-15)11-21-20(24)17-10-16-4-2-3-5-18(16)25-12-17/h2-9,17H,10-12H2,1H3,(H,21,24). The molecule has 0 bridgehead atoms. The summed E-state index contributed by atoms with van der Waals surface area (Å²) < 4.78 is 10.7. The van der Waals surface area contributed by atoms with Crippen LogP contribution in [0, 0.1) is 12.8 Å². The minimum Gasteiger partial charge on any atom is -0.492 e. The second-order valence-corrected chi connectivity index (χ2v) is 6.37. The van der Waals surface area contributed by atoms with Gasteiger partial charge in [0.25, 0.3) is 0 Å². The monoisotopic (exact) mass is 349 g/mol. The van der Waals surface area contributed by atoms with E-state index in [0.29, 0.717) is 31.3 Å². The van der Waals surface area contributed by atoms with Crippen LogP contribution in [0.4, 0.5) is 0 Å². The molecule has 1 N–H and O–H groups in total. The third kappa shape index (κ3) is 3.44. The van der Waals surface area contributed by atoms with E-state index in [4.69, 9.17) is 9.26 Å². The molecule has 0 saturated heterocycles. The number of fused-ring (bicyclic) bond motifs is 1. The maximum Gasteiger partial charge on any atom is 0.227 e. The molecule has 0 aliphatic carbocycles. The van der Waals surface area contributed by atoms with Crippen molar-refractivity contribution >= 4 is 5.91 Å². The first kappa shape index (κ1) is 16.3. The summed E-state index contributed by atoms with van der Waals surface area (Å²) in [5.74, 6) is 1.83. The van der Waals surface area contributed by atoms with E-state index >= 15 is 0 Å². The van der Waals surface area contributed by atoms with Crippen molar-refractivity contribution in [2.24, 2.45) is 5.92 Å². The van der Waals surface area contributed by atoms with Gasteiger partial charge in [0.15, 0.2) is 0 Å². The van der Waals surface area contributed by atoms with Gasteiger partial charge in [-0.25, -0.2) is 0 Å². The van der Waals surface area contributed by atoms with Crippen molar-refractivity contribution in [3.63, 3.8) is 0 Å². The van der Waals surface area contributed by atoms with Gasteiger partial charge in [-0.05, 0) is 23.6 Å². The number of carbonyl (C=O) groups excluding carboxylic acids is 1. The van der Waals surface area contributed by atoms with Gasteiger partial charge in [-0.3, -0.25) is 4.79 Å². The fourth-order valence-electron chi connectivity index (χ4n) is 3.02. The quantitative estimate of drug-likeness (QED) is 0.784. The van der Waals surface area contributed by atoms with Crippen LogP contribution in [0.1, 0.15) is 17.0 Å². The Balaban J connectivity index is 1.35. The van der Waals surface area contributed by atoms with Crippen LogP contribution in [-0.2, 0) is 17.8 Å². The van der Waals surface area contributed by atoms with Crippen LogP contribution in [0.25, 0.3) is 11.4 Å². The number of aromatic nitrogens is 2. The Morgan fingerprint density at radius 1 is 1.19 bits per heavy atom. The Kier molecular flexibility index (Phi) is 4.39.